The molecule has 0 saturated carbocycles. The molecule has 3 rings (SSSR count). The number of halogens is 1. The number of aryl methyl sites for hydroxylation is 1. The third kappa shape index (κ3) is 7.90. The fourth-order valence-electron chi connectivity index (χ4n) is 2.69. The molecule has 3 N–H and O–H groups in total. The molecule has 29 heavy (non-hydrogen) atoms. The fraction of sp³-hybridized carbons (Fsp3) is 0.136. The number of para-hydroxylation sites is 1. The van der Waals surface area contributed by atoms with Crippen molar-refractivity contribution >= 4 is 25.2 Å². The summed E-state index contributed by atoms with van der Waals surface area (Å²) >= 11 is 1.82. The summed E-state index contributed by atoms with van der Waals surface area (Å²) in [4.78, 5) is 0.372. The summed E-state index contributed by atoms with van der Waals surface area (Å²) in [5, 5.41) is 3.27. The average Bonchev–Trinajstić information content (AvgIpc) is 2.71. The van der Waals surface area contributed by atoms with E-state index in [9.17, 15) is 8.42 Å². The van der Waals surface area contributed by atoms with Gasteiger partial charge in [-0.3, -0.25) is 0 Å². The standard InChI is InChI=1S/C21H21NO2S.CH3.ClH.H2N.Ru/c1-17-11-13-19(14-12-17)25(23,24)16-15-22-21-10-6-5-9-20(21)18-7-3-2-4-8-18;;;;/h2-14,22H,15-16H2,1H3;1H3;1H;1H2;/q;-1;;-1;+4/p-1. The summed E-state index contributed by atoms with van der Waals surface area (Å²) in [5.41, 5.74) is 4.16. The van der Waals surface area contributed by atoms with Crippen LogP contribution in [-0.4, -0.2) is 20.7 Å². The molecule has 0 aliphatic rings. The molecule has 7 heteroatoms. The first kappa shape index (κ1) is 27.3. The summed E-state index contributed by atoms with van der Waals surface area (Å²) in [5.74, 6) is 0.0547. The van der Waals surface area contributed by atoms with Crippen molar-refractivity contribution in [3.8, 4) is 11.1 Å². The SMILES string of the molecule is Cc1ccc(S(=O)(=O)CCNc2ccccc2-c2ccccc2)cc1.[CH3-].[Cl][Ru+3].[NH2-]. The number of hydrogen-bond donors (Lipinski definition) is 1. The summed E-state index contributed by atoms with van der Waals surface area (Å²) < 4.78 is 24.9. The topological polar surface area (TPSA) is 79.7 Å². The maximum Gasteiger partial charge on any atom is -0.693 e. The zero-order chi connectivity index (χ0) is 19.7. The second-order valence-electron chi connectivity index (χ2n) is 5.97. The zero-order valence-corrected chi connectivity index (χ0v) is 19.8. The maximum atomic E-state index is 12.4. The van der Waals surface area contributed by atoms with Crippen LogP contribution in [0.5, 0.6) is 0 Å². The van der Waals surface area contributed by atoms with Gasteiger partial charge in [-0.05, 0) is 30.7 Å². The first-order valence-corrected chi connectivity index (χ1v) is 12.3. The van der Waals surface area contributed by atoms with E-state index in [0.29, 0.717) is 11.4 Å². The molecule has 0 fully saturated rings. The molecule has 0 aliphatic heterocycles. The monoisotopic (exact) mass is 519 g/mol. The van der Waals surface area contributed by atoms with Gasteiger partial charge >= 0.3 is 27.0 Å². The van der Waals surface area contributed by atoms with Gasteiger partial charge in [0.2, 0.25) is 0 Å². The summed E-state index contributed by atoms with van der Waals surface area (Å²) in [7, 11) is 1.28. The third-order valence-corrected chi connectivity index (χ3v) is 5.81. The Morgan fingerprint density at radius 2 is 1.41 bits per heavy atom. The van der Waals surface area contributed by atoms with Crippen LogP contribution < -0.4 is 5.32 Å². The van der Waals surface area contributed by atoms with Crippen molar-refractivity contribution in [3.05, 3.63) is 98.0 Å². The van der Waals surface area contributed by atoms with Crippen LogP contribution in [0.15, 0.2) is 83.8 Å². The van der Waals surface area contributed by atoms with Gasteiger partial charge in [-0.2, -0.15) is 0 Å². The molecular weight excluding hydrogens is 493 g/mol. The Balaban J connectivity index is 0.00000190. The van der Waals surface area contributed by atoms with Crippen LogP contribution >= 0.6 is 9.69 Å². The molecule has 156 valence electrons. The number of benzene rings is 3. The van der Waals surface area contributed by atoms with Crippen molar-refractivity contribution in [1.82, 2.24) is 0 Å². The van der Waals surface area contributed by atoms with Crippen molar-refractivity contribution in [3.63, 3.8) is 0 Å². The molecule has 0 saturated heterocycles. The van der Waals surface area contributed by atoms with Gasteiger partial charge in [-0.25, -0.2) is 8.42 Å². The Bertz CT molecular complexity index is 950. The van der Waals surface area contributed by atoms with Gasteiger partial charge in [-0.1, -0.05) is 66.2 Å². The van der Waals surface area contributed by atoms with Crippen LogP contribution in [0.25, 0.3) is 17.3 Å². The minimum Gasteiger partial charge on any atom is -0.693 e. The third-order valence-electron chi connectivity index (χ3n) is 4.08. The van der Waals surface area contributed by atoms with Crippen LogP contribution in [0.3, 0.4) is 0 Å². The van der Waals surface area contributed by atoms with Gasteiger partial charge < -0.3 is 18.9 Å². The van der Waals surface area contributed by atoms with E-state index in [4.69, 9.17) is 0 Å². The van der Waals surface area contributed by atoms with Gasteiger partial charge in [0.25, 0.3) is 0 Å². The Morgan fingerprint density at radius 1 is 0.862 bits per heavy atom. The molecule has 0 spiro atoms. The van der Waals surface area contributed by atoms with Crippen molar-refractivity contribution in [2.75, 3.05) is 17.6 Å². The quantitative estimate of drug-likeness (QED) is 0.303. The fourth-order valence-corrected chi connectivity index (χ4v) is 3.85. The van der Waals surface area contributed by atoms with Gasteiger partial charge in [0.05, 0.1) is 10.6 Å². The molecule has 0 aromatic heterocycles. The Hall–Kier alpha value is -1.72. The average molecular weight is 519 g/mol. The van der Waals surface area contributed by atoms with E-state index in [-0.39, 0.29) is 19.3 Å². The first-order chi connectivity index (χ1) is 13.1. The van der Waals surface area contributed by atoms with E-state index in [1.54, 1.807) is 12.1 Å². The number of sulfone groups is 1. The van der Waals surface area contributed by atoms with Gasteiger partial charge in [0, 0.05) is 17.8 Å². The molecule has 0 heterocycles. The predicted molar refractivity (Wildman–Crippen MR) is 121 cm³/mol. The summed E-state index contributed by atoms with van der Waals surface area (Å²) in [6.45, 7) is 2.30. The molecule has 3 aromatic rings. The molecule has 0 bridgehead atoms. The molecule has 4 nitrogen and oxygen atoms in total. The number of hydrogen-bond acceptors (Lipinski definition) is 3. The van der Waals surface area contributed by atoms with Crippen LogP contribution in [0.1, 0.15) is 5.56 Å². The van der Waals surface area contributed by atoms with E-state index in [1.807, 2.05) is 91.0 Å². The van der Waals surface area contributed by atoms with Gasteiger partial charge in [-0.15, -0.1) is 0 Å². The van der Waals surface area contributed by atoms with E-state index < -0.39 is 9.84 Å². The smallest absolute Gasteiger partial charge is 0.693 e. The largest absolute Gasteiger partial charge is 0.693 e. The van der Waals surface area contributed by atoms with Crippen molar-refractivity contribution in [2.45, 2.75) is 11.8 Å². The summed E-state index contributed by atoms with van der Waals surface area (Å²) in [6, 6.07) is 25.0. The van der Waals surface area contributed by atoms with Crippen molar-refractivity contribution < 1.29 is 25.7 Å². The minimum absolute atomic E-state index is 0. The van der Waals surface area contributed by atoms with Crippen molar-refractivity contribution in [1.29, 1.82) is 0 Å². The maximum absolute atomic E-state index is 12.4. The number of rotatable bonds is 6. The van der Waals surface area contributed by atoms with Crippen LogP contribution in [0, 0.1) is 14.4 Å². The van der Waals surface area contributed by atoms with E-state index in [0.717, 1.165) is 22.4 Å². The Kier molecular flexibility index (Phi) is 12.7. The Labute approximate surface area is 188 Å². The Morgan fingerprint density at radius 3 is 2.03 bits per heavy atom. The molecule has 0 radical (unpaired) electrons. The van der Waals surface area contributed by atoms with E-state index in [1.165, 1.54) is 0 Å². The van der Waals surface area contributed by atoms with Crippen LogP contribution in [0.2, 0.25) is 0 Å². The molecule has 0 amide bonds. The normalized spacial score (nSPS) is 9.86. The number of anilines is 1. The first-order valence-electron chi connectivity index (χ1n) is 8.37. The van der Waals surface area contributed by atoms with Crippen LogP contribution in [0.4, 0.5) is 5.69 Å². The molecular formula is C22H26ClN2O2RuS+. The second kappa shape index (κ2) is 13.5. The molecule has 3 aromatic carbocycles. The summed E-state index contributed by atoms with van der Waals surface area (Å²) in [6.07, 6.45) is 0. The molecule has 0 aliphatic carbocycles. The van der Waals surface area contributed by atoms with Gasteiger partial charge in [0.15, 0.2) is 9.84 Å². The van der Waals surface area contributed by atoms with E-state index >= 15 is 0 Å². The zero-order valence-electron chi connectivity index (χ0n) is 16.5. The van der Waals surface area contributed by atoms with Crippen LogP contribution in [-0.2, 0) is 27.1 Å². The number of nitrogens with two attached hydrogens (primary N) is 1. The van der Waals surface area contributed by atoms with E-state index in [2.05, 4.69) is 15.0 Å². The molecule has 0 atom stereocenters. The minimum atomic E-state index is -3.29. The number of nitrogens with one attached hydrogen (secondary N) is 1. The predicted octanol–water partition coefficient (Wildman–Crippen LogP) is 6.40. The van der Waals surface area contributed by atoms with Crippen molar-refractivity contribution in [2.24, 2.45) is 0 Å². The molecule has 0 unspecified atom stereocenters. The van der Waals surface area contributed by atoms with Gasteiger partial charge in [0.1, 0.15) is 0 Å². The second-order valence-corrected chi connectivity index (χ2v) is 8.08.